The van der Waals surface area contributed by atoms with Crippen molar-refractivity contribution in [2.45, 2.75) is 64.2 Å². The Morgan fingerprint density at radius 2 is 1.90 bits per heavy atom. The highest BCUT2D eigenvalue weighted by Crippen LogP contribution is 2.31. The third kappa shape index (κ3) is 6.59. The van der Waals surface area contributed by atoms with E-state index in [1.807, 2.05) is 0 Å². The first-order chi connectivity index (χ1) is 19.9. The van der Waals surface area contributed by atoms with E-state index in [9.17, 15) is 9.59 Å². The van der Waals surface area contributed by atoms with Crippen LogP contribution in [0.3, 0.4) is 0 Å². The van der Waals surface area contributed by atoms with Gasteiger partial charge in [0.05, 0.1) is 27.0 Å². The summed E-state index contributed by atoms with van der Waals surface area (Å²) >= 11 is 0. The summed E-state index contributed by atoms with van der Waals surface area (Å²) in [6.07, 6.45) is 6.62. The molecule has 1 unspecified atom stereocenters. The van der Waals surface area contributed by atoms with Gasteiger partial charge in [0.1, 0.15) is 23.8 Å². The van der Waals surface area contributed by atoms with E-state index in [-0.39, 0.29) is 25.0 Å². The molecule has 3 heterocycles. The number of furan rings is 2. The van der Waals surface area contributed by atoms with Crippen LogP contribution in [0.4, 0.5) is 0 Å². The molecule has 2 amide bonds. The van der Waals surface area contributed by atoms with Gasteiger partial charge >= 0.3 is 0 Å². The fourth-order valence-corrected chi connectivity index (χ4v) is 5.06. The number of nitrogens with zero attached hydrogens (tertiary/aromatic N) is 5. The van der Waals surface area contributed by atoms with Crippen LogP contribution in [0.1, 0.15) is 55.4 Å². The summed E-state index contributed by atoms with van der Waals surface area (Å²) in [5, 5.41) is 15.8. The molecule has 1 atom stereocenters. The molecule has 1 saturated carbocycles. The molecule has 0 radical (unpaired) electrons. The number of amides is 2. The van der Waals surface area contributed by atoms with Crippen molar-refractivity contribution in [3.05, 3.63) is 66.0 Å². The van der Waals surface area contributed by atoms with Gasteiger partial charge in [-0.15, -0.1) is 10.2 Å². The number of carbonyl (C=O) groups is 2. The zero-order valence-corrected chi connectivity index (χ0v) is 23.4. The molecule has 3 aromatic heterocycles. The molecular weight excluding hydrogens is 528 g/mol. The summed E-state index contributed by atoms with van der Waals surface area (Å²) in [4.78, 5) is 30.3. The van der Waals surface area contributed by atoms with Gasteiger partial charge in [-0.25, -0.2) is 0 Å². The Balaban J connectivity index is 1.42. The molecule has 0 saturated heterocycles. The van der Waals surface area contributed by atoms with Gasteiger partial charge in [0.2, 0.25) is 11.7 Å². The van der Waals surface area contributed by atoms with E-state index in [2.05, 4.69) is 20.7 Å². The minimum Gasteiger partial charge on any atom is -0.493 e. The minimum absolute atomic E-state index is 0.0472. The van der Waals surface area contributed by atoms with Crippen LogP contribution in [0, 0.1) is 6.92 Å². The Labute approximate surface area is 237 Å². The maximum absolute atomic E-state index is 13.9. The predicted molar refractivity (Wildman–Crippen MR) is 147 cm³/mol. The normalized spacial score (nSPS) is 14.4. The molecule has 1 fully saturated rings. The van der Waals surface area contributed by atoms with E-state index in [0.717, 1.165) is 32.1 Å². The number of aromatic nitrogens is 4. The van der Waals surface area contributed by atoms with Crippen molar-refractivity contribution in [1.29, 1.82) is 0 Å². The van der Waals surface area contributed by atoms with Crippen molar-refractivity contribution in [2.24, 2.45) is 0 Å². The van der Waals surface area contributed by atoms with Crippen molar-refractivity contribution in [2.75, 3.05) is 14.2 Å². The first-order valence-electron chi connectivity index (χ1n) is 13.6. The molecule has 1 aliphatic carbocycles. The molecule has 1 N–H and O–H groups in total. The number of ether oxygens (including phenoxy) is 2. The van der Waals surface area contributed by atoms with Crippen LogP contribution < -0.4 is 14.8 Å². The Morgan fingerprint density at radius 1 is 1.10 bits per heavy atom. The van der Waals surface area contributed by atoms with Gasteiger partial charge < -0.3 is 28.5 Å². The SMILES string of the molecule is COc1ccc(-c2nnn(CC(=O)N(Cc3ccco3)C(C(=O)NC3CCCCC3)c3ccc(C)o3)n2)cc1OC. The molecule has 0 bridgehead atoms. The van der Waals surface area contributed by atoms with Crippen molar-refractivity contribution in [3.63, 3.8) is 0 Å². The third-order valence-corrected chi connectivity index (χ3v) is 7.14. The molecule has 0 aliphatic heterocycles. The number of benzene rings is 1. The van der Waals surface area contributed by atoms with E-state index < -0.39 is 11.9 Å². The second-order valence-electron chi connectivity index (χ2n) is 10.0. The predicted octanol–water partition coefficient (Wildman–Crippen LogP) is 4.07. The molecule has 5 rings (SSSR count). The van der Waals surface area contributed by atoms with Crippen molar-refractivity contribution >= 4 is 11.8 Å². The van der Waals surface area contributed by atoms with Gasteiger partial charge in [-0.05, 0) is 67.4 Å². The van der Waals surface area contributed by atoms with Crippen LogP contribution in [0.2, 0.25) is 0 Å². The first kappa shape index (κ1) is 27.9. The molecule has 4 aromatic rings. The highest BCUT2D eigenvalue weighted by atomic mass is 16.5. The number of hydrogen-bond donors (Lipinski definition) is 1. The minimum atomic E-state index is -1.02. The number of tetrazole rings is 1. The van der Waals surface area contributed by atoms with E-state index in [1.54, 1.807) is 63.6 Å². The summed E-state index contributed by atoms with van der Waals surface area (Å²) in [6.45, 7) is 1.59. The summed E-state index contributed by atoms with van der Waals surface area (Å²) < 4.78 is 22.1. The Bertz CT molecular complexity index is 1460. The fourth-order valence-electron chi connectivity index (χ4n) is 5.06. The van der Waals surface area contributed by atoms with Crippen molar-refractivity contribution < 1.29 is 27.9 Å². The van der Waals surface area contributed by atoms with Crippen LogP contribution in [0.25, 0.3) is 11.4 Å². The van der Waals surface area contributed by atoms with Crippen LogP contribution in [0.5, 0.6) is 11.5 Å². The zero-order valence-electron chi connectivity index (χ0n) is 23.4. The molecule has 1 aliphatic rings. The Morgan fingerprint density at radius 3 is 2.59 bits per heavy atom. The molecule has 12 nitrogen and oxygen atoms in total. The number of carbonyl (C=O) groups excluding carboxylic acids is 2. The van der Waals surface area contributed by atoms with Gasteiger partial charge in [0.25, 0.3) is 5.91 Å². The fraction of sp³-hybridized carbons (Fsp3) is 0.414. The monoisotopic (exact) mass is 562 g/mol. The number of aryl methyl sites for hydroxylation is 1. The quantitative estimate of drug-likeness (QED) is 0.287. The van der Waals surface area contributed by atoms with Gasteiger partial charge in [0, 0.05) is 11.6 Å². The molecule has 1 aromatic carbocycles. The maximum Gasteiger partial charge on any atom is 0.250 e. The number of hydrogen-bond acceptors (Lipinski definition) is 9. The van der Waals surface area contributed by atoms with Gasteiger partial charge in [0.15, 0.2) is 17.5 Å². The summed E-state index contributed by atoms with van der Waals surface area (Å²) in [6, 6.07) is 11.3. The number of rotatable bonds is 11. The average molecular weight is 563 g/mol. The Kier molecular flexibility index (Phi) is 8.66. The van der Waals surface area contributed by atoms with Crippen molar-refractivity contribution in [3.8, 4) is 22.9 Å². The summed E-state index contributed by atoms with van der Waals surface area (Å²) in [5.74, 6) is 2.21. The lowest BCUT2D eigenvalue weighted by Crippen LogP contribution is -2.47. The van der Waals surface area contributed by atoms with Crippen LogP contribution in [0.15, 0.2) is 57.6 Å². The van der Waals surface area contributed by atoms with Crippen LogP contribution >= 0.6 is 0 Å². The van der Waals surface area contributed by atoms with Gasteiger partial charge in [-0.1, -0.05) is 19.3 Å². The lowest BCUT2D eigenvalue weighted by atomic mass is 9.95. The third-order valence-electron chi connectivity index (χ3n) is 7.14. The smallest absolute Gasteiger partial charge is 0.250 e. The lowest BCUT2D eigenvalue weighted by molar-refractivity contribution is -0.143. The van der Waals surface area contributed by atoms with Crippen molar-refractivity contribution in [1.82, 2.24) is 30.4 Å². The second kappa shape index (κ2) is 12.7. The van der Waals surface area contributed by atoms with E-state index in [1.165, 1.54) is 16.0 Å². The molecule has 0 spiro atoms. The van der Waals surface area contributed by atoms with E-state index in [4.69, 9.17) is 18.3 Å². The largest absolute Gasteiger partial charge is 0.493 e. The van der Waals surface area contributed by atoms with E-state index in [0.29, 0.717) is 40.2 Å². The number of methoxy groups -OCH3 is 2. The van der Waals surface area contributed by atoms with Crippen LogP contribution in [-0.2, 0) is 22.7 Å². The highest BCUT2D eigenvalue weighted by molar-refractivity contribution is 5.88. The lowest BCUT2D eigenvalue weighted by Gasteiger charge is -2.31. The second-order valence-corrected chi connectivity index (χ2v) is 10.0. The van der Waals surface area contributed by atoms with E-state index >= 15 is 0 Å². The highest BCUT2D eigenvalue weighted by Gasteiger charge is 2.36. The van der Waals surface area contributed by atoms with Crippen LogP contribution in [-0.4, -0.2) is 57.2 Å². The average Bonchev–Trinajstić information content (AvgIpc) is 3.76. The van der Waals surface area contributed by atoms with Gasteiger partial charge in [-0.3, -0.25) is 9.59 Å². The topological polar surface area (TPSA) is 138 Å². The standard InChI is InChI=1S/C29H34N6O6/c1-19-11-13-24(41-19)27(29(37)30-21-8-5-4-6-9-21)34(17-22-10-7-15-40-22)26(36)18-35-32-28(31-33-35)20-12-14-23(38-2)25(16-20)39-3/h7,10-16,21,27H,4-6,8-9,17-18H2,1-3H3,(H,30,37). The van der Waals surface area contributed by atoms with Gasteiger partial charge in [-0.2, -0.15) is 4.80 Å². The summed E-state index contributed by atoms with van der Waals surface area (Å²) in [7, 11) is 3.10. The molecule has 41 heavy (non-hydrogen) atoms. The Hall–Kier alpha value is -4.61. The summed E-state index contributed by atoms with van der Waals surface area (Å²) in [5.41, 5.74) is 0.643. The zero-order chi connectivity index (χ0) is 28.8. The maximum atomic E-state index is 13.9. The first-order valence-corrected chi connectivity index (χ1v) is 13.6. The number of nitrogens with one attached hydrogen (secondary N) is 1. The molecule has 216 valence electrons. The molecule has 12 heteroatoms. The molecular formula is C29H34N6O6.